The van der Waals surface area contributed by atoms with Crippen LogP contribution in [0.5, 0.6) is 0 Å². The van der Waals surface area contributed by atoms with Crippen LogP contribution in [0, 0.1) is 5.41 Å². The number of rotatable bonds is 8. The number of ether oxygens (including phenoxy) is 4. The van der Waals surface area contributed by atoms with Crippen molar-refractivity contribution < 1.29 is 28.5 Å². The van der Waals surface area contributed by atoms with E-state index in [1.165, 1.54) is 14.2 Å². The summed E-state index contributed by atoms with van der Waals surface area (Å²) in [6, 6.07) is 0. The van der Waals surface area contributed by atoms with Crippen molar-refractivity contribution in [2.24, 2.45) is 5.41 Å². The smallest absolute Gasteiger partial charge is 0.344 e. The maximum Gasteiger partial charge on any atom is 0.344 e. The van der Waals surface area contributed by atoms with Gasteiger partial charge in [-0.3, -0.25) is 4.79 Å². The van der Waals surface area contributed by atoms with Crippen LogP contribution >= 0.6 is 0 Å². The average molecular weight is 248 g/mol. The second-order valence-electron chi connectivity index (χ2n) is 3.81. The highest BCUT2D eigenvalue weighted by Gasteiger charge is 2.35. The number of hydrogen-bond donors (Lipinski definition) is 0. The van der Waals surface area contributed by atoms with E-state index in [9.17, 15) is 9.59 Å². The van der Waals surface area contributed by atoms with Crippen molar-refractivity contribution in [1.82, 2.24) is 0 Å². The zero-order valence-corrected chi connectivity index (χ0v) is 10.8. The van der Waals surface area contributed by atoms with Crippen molar-refractivity contribution in [3.05, 3.63) is 0 Å². The highest BCUT2D eigenvalue weighted by atomic mass is 16.6. The third-order valence-electron chi connectivity index (χ3n) is 2.05. The topological polar surface area (TPSA) is 71.1 Å². The van der Waals surface area contributed by atoms with Gasteiger partial charge in [0, 0.05) is 14.2 Å². The molecule has 0 aromatic carbocycles. The van der Waals surface area contributed by atoms with Crippen molar-refractivity contribution in [3.63, 3.8) is 0 Å². The standard InChI is InChI=1S/C11H20O6/c1-5-16-9(12)6-17-10(13)11(2,7-14-3)8-15-4/h5-8H2,1-4H3. The number of carbonyl (C=O) groups excluding carboxylic acids is 2. The summed E-state index contributed by atoms with van der Waals surface area (Å²) < 4.78 is 19.4. The van der Waals surface area contributed by atoms with Gasteiger partial charge in [0.25, 0.3) is 0 Å². The molecule has 0 heterocycles. The molecular formula is C11H20O6. The van der Waals surface area contributed by atoms with Crippen LogP contribution in [0.2, 0.25) is 0 Å². The molecule has 17 heavy (non-hydrogen) atoms. The van der Waals surface area contributed by atoms with Crippen LogP contribution in [0.1, 0.15) is 13.8 Å². The molecule has 0 amide bonds. The molecule has 0 aromatic heterocycles. The Kier molecular flexibility index (Phi) is 7.49. The summed E-state index contributed by atoms with van der Waals surface area (Å²) in [7, 11) is 2.96. The van der Waals surface area contributed by atoms with Gasteiger partial charge in [-0.15, -0.1) is 0 Å². The van der Waals surface area contributed by atoms with Gasteiger partial charge in [0.1, 0.15) is 5.41 Å². The molecule has 0 saturated heterocycles. The monoisotopic (exact) mass is 248 g/mol. The summed E-state index contributed by atoms with van der Waals surface area (Å²) in [4.78, 5) is 22.8. The van der Waals surface area contributed by atoms with Gasteiger partial charge in [0.2, 0.25) is 0 Å². The molecule has 100 valence electrons. The first-order valence-electron chi connectivity index (χ1n) is 5.31. The Balaban J connectivity index is 4.28. The molecule has 0 unspecified atom stereocenters. The van der Waals surface area contributed by atoms with Crippen molar-refractivity contribution >= 4 is 11.9 Å². The maximum absolute atomic E-state index is 11.8. The van der Waals surface area contributed by atoms with E-state index < -0.39 is 24.0 Å². The SMILES string of the molecule is CCOC(=O)COC(=O)C(C)(COC)COC. The predicted octanol–water partition coefficient (Wildman–Crippen LogP) is 0.392. The lowest BCUT2D eigenvalue weighted by Gasteiger charge is -2.25. The summed E-state index contributed by atoms with van der Waals surface area (Å²) >= 11 is 0. The minimum absolute atomic E-state index is 0.155. The lowest BCUT2D eigenvalue weighted by atomic mass is 9.93. The minimum atomic E-state index is -0.921. The highest BCUT2D eigenvalue weighted by molar-refractivity contribution is 5.80. The predicted molar refractivity (Wildman–Crippen MR) is 59.5 cm³/mol. The van der Waals surface area contributed by atoms with Gasteiger partial charge in [-0.25, -0.2) is 4.79 Å². The normalized spacial score (nSPS) is 11.1. The quantitative estimate of drug-likeness (QED) is 0.579. The molecule has 0 saturated carbocycles. The molecule has 0 aromatic rings. The molecular weight excluding hydrogens is 228 g/mol. The fourth-order valence-corrected chi connectivity index (χ4v) is 1.30. The van der Waals surface area contributed by atoms with Gasteiger partial charge in [-0.2, -0.15) is 0 Å². The number of methoxy groups -OCH3 is 2. The fourth-order valence-electron chi connectivity index (χ4n) is 1.30. The first-order chi connectivity index (χ1) is 8.00. The average Bonchev–Trinajstić information content (AvgIpc) is 2.27. The van der Waals surface area contributed by atoms with E-state index in [2.05, 4.69) is 4.74 Å². The summed E-state index contributed by atoms with van der Waals surface area (Å²) in [5.74, 6) is -1.12. The molecule has 0 rings (SSSR count). The van der Waals surface area contributed by atoms with Gasteiger partial charge in [-0.05, 0) is 13.8 Å². The number of carbonyl (C=O) groups is 2. The molecule has 0 radical (unpaired) electrons. The molecule has 0 N–H and O–H groups in total. The zero-order valence-electron chi connectivity index (χ0n) is 10.8. The Morgan fingerprint density at radius 1 is 1.06 bits per heavy atom. The summed E-state index contributed by atoms with van der Waals surface area (Å²) in [6.45, 7) is 3.50. The first-order valence-corrected chi connectivity index (χ1v) is 5.31. The lowest BCUT2D eigenvalue weighted by Crippen LogP contribution is -2.39. The van der Waals surface area contributed by atoms with Crippen molar-refractivity contribution in [2.45, 2.75) is 13.8 Å². The van der Waals surface area contributed by atoms with Crippen LogP contribution in [-0.2, 0) is 28.5 Å². The summed E-state index contributed by atoms with van der Waals surface area (Å²) in [6.07, 6.45) is 0. The second kappa shape index (κ2) is 8.03. The van der Waals surface area contributed by atoms with E-state index in [0.717, 1.165) is 0 Å². The van der Waals surface area contributed by atoms with E-state index in [0.29, 0.717) is 0 Å². The third kappa shape index (κ3) is 5.65. The summed E-state index contributed by atoms with van der Waals surface area (Å²) in [5, 5.41) is 0. The van der Waals surface area contributed by atoms with E-state index in [4.69, 9.17) is 14.2 Å². The number of hydrogen-bond acceptors (Lipinski definition) is 6. The zero-order chi connectivity index (χ0) is 13.3. The van der Waals surface area contributed by atoms with Crippen molar-refractivity contribution in [1.29, 1.82) is 0 Å². The Labute approximate surface area is 101 Å². The fraction of sp³-hybridized carbons (Fsp3) is 0.818. The van der Waals surface area contributed by atoms with Gasteiger partial charge >= 0.3 is 11.9 Å². The molecule has 0 atom stereocenters. The Hall–Kier alpha value is -1.14. The van der Waals surface area contributed by atoms with Gasteiger partial charge in [0.05, 0.1) is 19.8 Å². The van der Waals surface area contributed by atoms with Gasteiger partial charge in [0.15, 0.2) is 6.61 Å². The number of esters is 2. The van der Waals surface area contributed by atoms with Crippen molar-refractivity contribution in [3.8, 4) is 0 Å². The highest BCUT2D eigenvalue weighted by Crippen LogP contribution is 2.19. The van der Waals surface area contributed by atoms with Gasteiger partial charge < -0.3 is 18.9 Å². The van der Waals surface area contributed by atoms with Crippen LogP contribution in [0.25, 0.3) is 0 Å². The lowest BCUT2D eigenvalue weighted by molar-refractivity contribution is -0.169. The van der Waals surface area contributed by atoms with Crippen LogP contribution < -0.4 is 0 Å². The summed E-state index contributed by atoms with van der Waals surface area (Å²) in [5.41, 5.74) is -0.921. The van der Waals surface area contributed by atoms with E-state index in [1.54, 1.807) is 13.8 Å². The molecule has 0 fully saturated rings. The molecule has 0 aliphatic heterocycles. The molecule has 0 aliphatic carbocycles. The Morgan fingerprint density at radius 3 is 2.00 bits per heavy atom. The van der Waals surface area contributed by atoms with Crippen LogP contribution in [0.4, 0.5) is 0 Å². The minimum Gasteiger partial charge on any atom is -0.463 e. The Bertz CT molecular complexity index is 244. The van der Waals surface area contributed by atoms with Crippen LogP contribution in [0.15, 0.2) is 0 Å². The largest absolute Gasteiger partial charge is 0.463 e. The maximum atomic E-state index is 11.8. The second-order valence-corrected chi connectivity index (χ2v) is 3.81. The molecule has 0 spiro atoms. The first kappa shape index (κ1) is 15.9. The Morgan fingerprint density at radius 2 is 1.59 bits per heavy atom. The molecule has 6 nitrogen and oxygen atoms in total. The van der Waals surface area contributed by atoms with E-state index in [1.807, 2.05) is 0 Å². The van der Waals surface area contributed by atoms with E-state index in [-0.39, 0.29) is 19.8 Å². The van der Waals surface area contributed by atoms with Crippen molar-refractivity contribution in [2.75, 3.05) is 40.6 Å². The molecule has 0 bridgehead atoms. The van der Waals surface area contributed by atoms with Crippen LogP contribution in [0.3, 0.4) is 0 Å². The van der Waals surface area contributed by atoms with Gasteiger partial charge in [-0.1, -0.05) is 0 Å². The third-order valence-corrected chi connectivity index (χ3v) is 2.05. The molecule has 0 aliphatic rings. The van der Waals surface area contributed by atoms with Crippen LogP contribution in [-0.4, -0.2) is 52.6 Å². The van der Waals surface area contributed by atoms with E-state index >= 15 is 0 Å². The molecule has 6 heteroatoms.